The van der Waals surface area contributed by atoms with E-state index in [-0.39, 0.29) is 11.9 Å². The molecule has 0 aromatic heterocycles. The highest BCUT2D eigenvalue weighted by molar-refractivity contribution is 7.80. The Hall–Kier alpha value is -1.46. The van der Waals surface area contributed by atoms with Crippen LogP contribution in [0.1, 0.15) is 13.8 Å². The van der Waals surface area contributed by atoms with Crippen LogP contribution in [-0.4, -0.2) is 29.0 Å². The standard InChI is InChI=1S/C13H17N3OS/c1-9-8-14-11(17)13(2,16-9)12(18)15-10-6-4-3-5-7-10/h3-7,9,16H,8H2,1-2H3,(H,14,17)(H,15,18). The molecule has 1 saturated heterocycles. The van der Waals surface area contributed by atoms with Crippen molar-refractivity contribution in [3.05, 3.63) is 30.3 Å². The Kier molecular flexibility index (Phi) is 3.63. The minimum absolute atomic E-state index is 0.0889. The quantitative estimate of drug-likeness (QED) is 0.704. The van der Waals surface area contributed by atoms with Crippen LogP contribution < -0.4 is 16.0 Å². The summed E-state index contributed by atoms with van der Waals surface area (Å²) in [4.78, 5) is 12.5. The Morgan fingerprint density at radius 3 is 2.78 bits per heavy atom. The van der Waals surface area contributed by atoms with Gasteiger partial charge >= 0.3 is 0 Å². The van der Waals surface area contributed by atoms with Crippen molar-refractivity contribution in [2.75, 3.05) is 11.9 Å². The molecular weight excluding hydrogens is 246 g/mol. The Labute approximate surface area is 112 Å². The van der Waals surface area contributed by atoms with Gasteiger partial charge in [-0.15, -0.1) is 0 Å². The number of hydrogen-bond donors (Lipinski definition) is 3. The van der Waals surface area contributed by atoms with Crippen LogP contribution in [0.5, 0.6) is 0 Å². The van der Waals surface area contributed by atoms with Crippen LogP contribution in [0.4, 0.5) is 5.69 Å². The van der Waals surface area contributed by atoms with Crippen molar-refractivity contribution in [2.45, 2.75) is 25.4 Å². The first-order chi connectivity index (χ1) is 8.52. The van der Waals surface area contributed by atoms with E-state index in [1.54, 1.807) is 6.92 Å². The van der Waals surface area contributed by atoms with Crippen LogP contribution >= 0.6 is 12.2 Å². The first kappa shape index (κ1) is 13.0. The zero-order valence-corrected chi connectivity index (χ0v) is 11.3. The molecule has 1 heterocycles. The Bertz CT molecular complexity index is 463. The van der Waals surface area contributed by atoms with Gasteiger partial charge in [0.2, 0.25) is 5.91 Å². The minimum atomic E-state index is -0.858. The molecule has 1 aliphatic rings. The summed E-state index contributed by atoms with van der Waals surface area (Å²) < 4.78 is 0. The molecule has 2 unspecified atom stereocenters. The number of anilines is 1. The predicted molar refractivity (Wildman–Crippen MR) is 76.7 cm³/mol. The fraction of sp³-hybridized carbons (Fsp3) is 0.385. The number of carbonyl (C=O) groups excluding carboxylic acids is 1. The SMILES string of the molecule is CC1CNC(=O)C(C)(C(=S)Nc2ccccc2)N1. The number of carbonyl (C=O) groups is 1. The number of piperazine rings is 1. The number of hydrogen-bond acceptors (Lipinski definition) is 3. The number of rotatable bonds is 2. The molecule has 1 fully saturated rings. The Morgan fingerprint density at radius 2 is 2.11 bits per heavy atom. The lowest BCUT2D eigenvalue weighted by atomic mass is 9.96. The van der Waals surface area contributed by atoms with Crippen molar-refractivity contribution in [2.24, 2.45) is 0 Å². The second kappa shape index (κ2) is 5.04. The average molecular weight is 263 g/mol. The van der Waals surface area contributed by atoms with Crippen LogP contribution in [0, 0.1) is 0 Å². The predicted octanol–water partition coefficient (Wildman–Crippen LogP) is 1.29. The zero-order chi connectivity index (χ0) is 13.2. The highest BCUT2D eigenvalue weighted by atomic mass is 32.1. The van der Waals surface area contributed by atoms with Gasteiger partial charge in [-0.2, -0.15) is 0 Å². The van der Waals surface area contributed by atoms with Crippen molar-refractivity contribution >= 4 is 28.8 Å². The van der Waals surface area contributed by atoms with Gasteiger partial charge in [0.15, 0.2) is 0 Å². The molecule has 1 aromatic carbocycles. The van der Waals surface area contributed by atoms with Crippen LogP contribution in [0.25, 0.3) is 0 Å². The van der Waals surface area contributed by atoms with Gasteiger partial charge in [-0.25, -0.2) is 0 Å². The average Bonchev–Trinajstić information content (AvgIpc) is 2.35. The van der Waals surface area contributed by atoms with Gasteiger partial charge in [0.05, 0.1) is 0 Å². The lowest BCUT2D eigenvalue weighted by Crippen LogP contribution is -2.69. The highest BCUT2D eigenvalue weighted by Gasteiger charge is 2.41. The molecule has 0 spiro atoms. The van der Waals surface area contributed by atoms with E-state index in [0.29, 0.717) is 11.5 Å². The molecule has 18 heavy (non-hydrogen) atoms. The van der Waals surface area contributed by atoms with E-state index in [2.05, 4.69) is 16.0 Å². The smallest absolute Gasteiger partial charge is 0.247 e. The second-order valence-electron chi connectivity index (χ2n) is 4.70. The fourth-order valence-corrected chi connectivity index (χ4v) is 2.25. The van der Waals surface area contributed by atoms with Gasteiger partial charge in [-0.3, -0.25) is 10.1 Å². The maximum Gasteiger partial charge on any atom is 0.247 e. The number of amides is 1. The third kappa shape index (κ3) is 2.52. The number of thiocarbonyl (C=S) groups is 1. The molecule has 0 saturated carbocycles. The third-order valence-electron chi connectivity index (χ3n) is 3.04. The summed E-state index contributed by atoms with van der Waals surface area (Å²) in [6.07, 6.45) is 0. The van der Waals surface area contributed by atoms with E-state index >= 15 is 0 Å². The molecule has 96 valence electrons. The van der Waals surface area contributed by atoms with Crippen molar-refractivity contribution in [3.63, 3.8) is 0 Å². The van der Waals surface area contributed by atoms with Gasteiger partial charge < -0.3 is 10.6 Å². The fourth-order valence-electron chi connectivity index (χ4n) is 1.98. The molecule has 0 aliphatic carbocycles. The maximum absolute atomic E-state index is 12.0. The molecule has 5 heteroatoms. The molecule has 1 amide bonds. The van der Waals surface area contributed by atoms with Gasteiger partial charge in [0.25, 0.3) is 0 Å². The van der Waals surface area contributed by atoms with Crippen molar-refractivity contribution in [3.8, 4) is 0 Å². The summed E-state index contributed by atoms with van der Waals surface area (Å²) >= 11 is 5.36. The van der Waals surface area contributed by atoms with E-state index in [1.165, 1.54) is 0 Å². The van der Waals surface area contributed by atoms with Gasteiger partial charge in [-0.1, -0.05) is 30.4 Å². The zero-order valence-electron chi connectivity index (χ0n) is 10.5. The Morgan fingerprint density at radius 1 is 1.44 bits per heavy atom. The van der Waals surface area contributed by atoms with E-state index in [0.717, 1.165) is 5.69 Å². The Balaban J connectivity index is 2.14. The summed E-state index contributed by atoms with van der Waals surface area (Å²) in [5.41, 5.74) is 0.0274. The summed E-state index contributed by atoms with van der Waals surface area (Å²) in [5.74, 6) is -0.0889. The summed E-state index contributed by atoms with van der Waals surface area (Å²) in [7, 11) is 0. The van der Waals surface area contributed by atoms with E-state index < -0.39 is 5.54 Å². The molecule has 4 nitrogen and oxygen atoms in total. The molecule has 2 atom stereocenters. The molecule has 0 bridgehead atoms. The van der Waals surface area contributed by atoms with Crippen molar-refractivity contribution in [1.82, 2.24) is 10.6 Å². The molecule has 1 aromatic rings. The van der Waals surface area contributed by atoms with Crippen LogP contribution in [0.15, 0.2) is 30.3 Å². The number of benzene rings is 1. The monoisotopic (exact) mass is 263 g/mol. The molecule has 3 N–H and O–H groups in total. The summed E-state index contributed by atoms with van der Waals surface area (Å²) in [6.45, 7) is 4.45. The molecule has 0 radical (unpaired) electrons. The van der Waals surface area contributed by atoms with Crippen LogP contribution in [0.2, 0.25) is 0 Å². The van der Waals surface area contributed by atoms with Crippen molar-refractivity contribution < 1.29 is 4.79 Å². The third-order valence-corrected chi connectivity index (χ3v) is 3.55. The first-order valence-corrected chi connectivity index (χ1v) is 6.36. The topological polar surface area (TPSA) is 53.2 Å². The largest absolute Gasteiger partial charge is 0.353 e. The molecular formula is C13H17N3OS. The maximum atomic E-state index is 12.0. The van der Waals surface area contributed by atoms with E-state index in [1.807, 2.05) is 37.3 Å². The summed E-state index contributed by atoms with van der Waals surface area (Å²) in [5, 5.41) is 9.22. The van der Waals surface area contributed by atoms with Crippen LogP contribution in [-0.2, 0) is 4.79 Å². The summed E-state index contributed by atoms with van der Waals surface area (Å²) in [6, 6.07) is 9.81. The lowest BCUT2D eigenvalue weighted by Gasteiger charge is -2.38. The van der Waals surface area contributed by atoms with Gasteiger partial charge in [0, 0.05) is 18.3 Å². The molecule has 2 rings (SSSR count). The normalized spacial score (nSPS) is 27.4. The van der Waals surface area contributed by atoms with Crippen LogP contribution in [0.3, 0.4) is 0 Å². The van der Waals surface area contributed by atoms with Gasteiger partial charge in [0.1, 0.15) is 10.5 Å². The number of para-hydroxylation sites is 1. The first-order valence-electron chi connectivity index (χ1n) is 5.95. The van der Waals surface area contributed by atoms with Gasteiger partial charge in [-0.05, 0) is 26.0 Å². The highest BCUT2D eigenvalue weighted by Crippen LogP contribution is 2.15. The molecule has 1 aliphatic heterocycles. The lowest BCUT2D eigenvalue weighted by molar-refractivity contribution is -0.126. The second-order valence-corrected chi connectivity index (χ2v) is 5.11. The van der Waals surface area contributed by atoms with E-state index in [4.69, 9.17) is 12.2 Å². The number of nitrogens with one attached hydrogen (secondary N) is 3. The minimum Gasteiger partial charge on any atom is -0.353 e. The van der Waals surface area contributed by atoms with Crippen molar-refractivity contribution in [1.29, 1.82) is 0 Å². The van der Waals surface area contributed by atoms with E-state index in [9.17, 15) is 4.79 Å².